The van der Waals surface area contributed by atoms with Gasteiger partial charge in [-0.15, -0.1) is 0 Å². The molecule has 0 aliphatic carbocycles. The van der Waals surface area contributed by atoms with E-state index in [1.165, 1.54) is 0 Å². The lowest BCUT2D eigenvalue weighted by Crippen LogP contribution is -2.69. The van der Waals surface area contributed by atoms with Crippen LogP contribution in [0.3, 0.4) is 0 Å². The van der Waals surface area contributed by atoms with Crippen molar-refractivity contribution in [3.8, 4) is 0 Å². The van der Waals surface area contributed by atoms with Gasteiger partial charge in [0.25, 0.3) is 0 Å². The van der Waals surface area contributed by atoms with Crippen molar-refractivity contribution in [1.29, 1.82) is 0 Å². The lowest BCUT2D eigenvalue weighted by atomic mass is 9.94. The molecular weight excluding hydrogens is 638 g/mol. The van der Waals surface area contributed by atoms with Crippen molar-refractivity contribution in [2.24, 2.45) is 0 Å². The summed E-state index contributed by atoms with van der Waals surface area (Å²) < 4.78 is 55.2. The Kier molecular flexibility index (Phi) is 14.5. The highest BCUT2D eigenvalue weighted by Gasteiger charge is 2.57. The summed E-state index contributed by atoms with van der Waals surface area (Å²) in [6.07, 6.45) is -14.2. The molecule has 19 nitrogen and oxygen atoms in total. The number of hydrogen-bond donors (Lipinski definition) is 1. The Morgan fingerprint density at radius 2 is 0.872 bits per heavy atom. The van der Waals surface area contributed by atoms with Gasteiger partial charge in [-0.25, -0.2) is 0 Å². The van der Waals surface area contributed by atoms with Crippen LogP contribution >= 0.6 is 0 Å². The van der Waals surface area contributed by atoms with Gasteiger partial charge in [0.2, 0.25) is 12.2 Å². The minimum absolute atomic E-state index is 0.577. The van der Waals surface area contributed by atoms with Crippen LogP contribution in [0.5, 0.6) is 0 Å². The summed E-state index contributed by atoms with van der Waals surface area (Å²) in [5, 5.41) is 2.48. The number of amides is 1. The highest BCUT2D eigenvalue weighted by molar-refractivity contribution is 5.74. The minimum Gasteiger partial charge on any atom is -0.463 e. The summed E-state index contributed by atoms with van der Waals surface area (Å²) in [5.74, 6) is -6.64. The van der Waals surface area contributed by atoms with E-state index in [1.807, 2.05) is 0 Å². The van der Waals surface area contributed by atoms with Gasteiger partial charge >= 0.3 is 41.8 Å². The van der Waals surface area contributed by atoms with E-state index in [0.29, 0.717) is 0 Å². The van der Waals surface area contributed by atoms with Gasteiger partial charge in [0.05, 0.1) is 0 Å². The number of rotatable bonds is 12. The molecule has 264 valence electrons. The fraction of sp³-hybridized carbons (Fsp3) is 0.714. The highest BCUT2D eigenvalue weighted by atomic mass is 16.8. The van der Waals surface area contributed by atoms with Crippen LogP contribution in [-0.2, 0) is 85.7 Å². The SMILES string of the molecule is CC(=O)N[C@@H]1[C@H](OC(C)=O)O[C@@H](COC(C)=O)[C@@H](O[C@@H]2O[C@H](COC(C)=O)[C@H](OC(C)=O)[C@H](OC(C)=O)[C@@H]2OC(C)=O)[C@H]1OC(C)=O. The van der Waals surface area contributed by atoms with E-state index in [4.69, 9.17) is 47.4 Å². The summed E-state index contributed by atoms with van der Waals surface area (Å²) in [5.41, 5.74) is 0. The van der Waals surface area contributed by atoms with Crippen molar-refractivity contribution < 1.29 is 85.7 Å². The van der Waals surface area contributed by atoms with Gasteiger partial charge in [0, 0.05) is 55.4 Å². The van der Waals surface area contributed by atoms with Crippen LogP contribution < -0.4 is 5.32 Å². The van der Waals surface area contributed by atoms with Gasteiger partial charge in [-0.1, -0.05) is 0 Å². The van der Waals surface area contributed by atoms with Crippen molar-refractivity contribution in [2.75, 3.05) is 13.2 Å². The molecule has 0 radical (unpaired) electrons. The molecule has 2 rings (SSSR count). The second kappa shape index (κ2) is 17.5. The summed E-state index contributed by atoms with van der Waals surface area (Å²) in [4.78, 5) is 96.5. The molecule has 1 amide bonds. The Bertz CT molecular complexity index is 1200. The Morgan fingerprint density at radius 3 is 1.32 bits per heavy atom. The Hall–Kier alpha value is -4.36. The molecule has 0 aromatic rings. The number of esters is 7. The van der Waals surface area contributed by atoms with E-state index >= 15 is 0 Å². The van der Waals surface area contributed by atoms with Crippen LogP contribution in [0.15, 0.2) is 0 Å². The highest BCUT2D eigenvalue weighted by Crippen LogP contribution is 2.34. The molecule has 0 unspecified atom stereocenters. The van der Waals surface area contributed by atoms with Crippen molar-refractivity contribution in [3.05, 3.63) is 0 Å². The van der Waals surface area contributed by atoms with Gasteiger partial charge in [-0.2, -0.15) is 0 Å². The predicted molar refractivity (Wildman–Crippen MR) is 147 cm³/mol. The van der Waals surface area contributed by atoms with E-state index in [1.54, 1.807) is 0 Å². The minimum atomic E-state index is -1.80. The van der Waals surface area contributed by atoms with Crippen LogP contribution in [-0.4, -0.2) is 122 Å². The summed E-state index contributed by atoms with van der Waals surface area (Å²) in [7, 11) is 0. The molecule has 2 saturated heterocycles. The summed E-state index contributed by atoms with van der Waals surface area (Å²) in [6.45, 7) is 7.30. The Morgan fingerprint density at radius 1 is 0.468 bits per heavy atom. The third-order valence-electron chi connectivity index (χ3n) is 6.29. The lowest BCUT2D eigenvalue weighted by molar-refractivity contribution is -0.348. The summed E-state index contributed by atoms with van der Waals surface area (Å²) in [6, 6.07) is -1.43. The van der Waals surface area contributed by atoms with E-state index < -0.39 is 122 Å². The Balaban J connectivity index is 2.73. The molecular formula is C28H39NO18. The number of nitrogens with one attached hydrogen (secondary N) is 1. The van der Waals surface area contributed by atoms with Crippen LogP contribution in [0.25, 0.3) is 0 Å². The van der Waals surface area contributed by atoms with Crippen molar-refractivity contribution in [1.82, 2.24) is 5.32 Å². The van der Waals surface area contributed by atoms with E-state index in [0.717, 1.165) is 55.4 Å². The van der Waals surface area contributed by atoms with E-state index in [9.17, 15) is 38.4 Å². The number of ether oxygens (including phenoxy) is 10. The second-order valence-corrected chi connectivity index (χ2v) is 10.4. The molecule has 0 aromatic heterocycles. The molecule has 0 saturated carbocycles. The quantitative estimate of drug-likeness (QED) is 0.187. The second-order valence-electron chi connectivity index (χ2n) is 10.4. The van der Waals surface area contributed by atoms with Gasteiger partial charge in [0.15, 0.2) is 30.7 Å². The smallest absolute Gasteiger partial charge is 0.305 e. The summed E-state index contributed by atoms with van der Waals surface area (Å²) >= 11 is 0. The normalized spacial score (nSPS) is 30.0. The van der Waals surface area contributed by atoms with Crippen LogP contribution in [0.2, 0.25) is 0 Å². The average Bonchev–Trinajstić information content (AvgIpc) is 2.91. The first kappa shape index (κ1) is 38.8. The van der Waals surface area contributed by atoms with Crippen molar-refractivity contribution in [3.63, 3.8) is 0 Å². The maximum atomic E-state index is 12.3. The molecule has 0 aromatic carbocycles. The number of carbonyl (C=O) groups excluding carboxylic acids is 8. The molecule has 2 fully saturated rings. The van der Waals surface area contributed by atoms with Gasteiger partial charge in [-0.3, -0.25) is 38.4 Å². The molecule has 2 heterocycles. The fourth-order valence-electron chi connectivity index (χ4n) is 4.84. The molecule has 10 atom stereocenters. The fourth-order valence-corrected chi connectivity index (χ4v) is 4.84. The van der Waals surface area contributed by atoms with Gasteiger partial charge in [-0.05, 0) is 0 Å². The molecule has 2 aliphatic heterocycles. The Labute approximate surface area is 269 Å². The average molecular weight is 678 g/mol. The first-order valence-corrected chi connectivity index (χ1v) is 14.3. The molecule has 1 N–H and O–H groups in total. The third kappa shape index (κ3) is 12.1. The van der Waals surface area contributed by atoms with Crippen LogP contribution in [0, 0.1) is 0 Å². The molecule has 0 spiro atoms. The molecule has 47 heavy (non-hydrogen) atoms. The maximum absolute atomic E-state index is 12.3. The van der Waals surface area contributed by atoms with E-state index in [-0.39, 0.29) is 0 Å². The lowest BCUT2D eigenvalue weighted by Gasteiger charge is -2.48. The standard InChI is InChI=1S/C28H39NO18/c1-11(30)29-21-24(41-15(5)34)22(19(9-38-12(2)31)45-27(21)44-18(8)37)47-28-26(43-17(7)36)25(42-16(6)35)23(40-14(4)33)20(46-28)10-39-13(3)32/h19-28H,9-10H2,1-8H3,(H,29,30)/t19-,20+,21-,22+,23-,24-,25-,26-,27+,28-/m0/s1. The van der Waals surface area contributed by atoms with E-state index in [2.05, 4.69) is 5.32 Å². The number of carbonyl (C=O) groups is 8. The number of hydrogen-bond acceptors (Lipinski definition) is 18. The van der Waals surface area contributed by atoms with Crippen LogP contribution in [0.4, 0.5) is 0 Å². The molecule has 0 bridgehead atoms. The maximum Gasteiger partial charge on any atom is 0.305 e. The first-order chi connectivity index (χ1) is 21.9. The predicted octanol–water partition coefficient (Wildman–Crippen LogP) is -1.26. The zero-order valence-corrected chi connectivity index (χ0v) is 27.0. The molecule has 2 aliphatic rings. The van der Waals surface area contributed by atoms with Crippen LogP contribution in [0.1, 0.15) is 55.4 Å². The van der Waals surface area contributed by atoms with Crippen molar-refractivity contribution in [2.45, 2.75) is 117 Å². The molecule has 19 heteroatoms. The zero-order valence-electron chi connectivity index (χ0n) is 27.0. The van der Waals surface area contributed by atoms with Gasteiger partial charge in [0.1, 0.15) is 37.6 Å². The zero-order chi connectivity index (χ0) is 35.6. The third-order valence-corrected chi connectivity index (χ3v) is 6.29. The van der Waals surface area contributed by atoms with Crippen molar-refractivity contribution >= 4 is 47.7 Å². The first-order valence-electron chi connectivity index (χ1n) is 14.3. The monoisotopic (exact) mass is 677 g/mol. The topological polar surface area (TPSA) is 241 Å². The van der Waals surface area contributed by atoms with Gasteiger partial charge < -0.3 is 52.7 Å². The largest absolute Gasteiger partial charge is 0.463 e.